The van der Waals surface area contributed by atoms with Gasteiger partial charge in [-0.2, -0.15) is 5.10 Å². The van der Waals surface area contributed by atoms with Crippen molar-refractivity contribution in [2.75, 3.05) is 0 Å². The summed E-state index contributed by atoms with van der Waals surface area (Å²) in [5.74, 6) is -1.39. The van der Waals surface area contributed by atoms with Gasteiger partial charge in [-0.05, 0) is 24.8 Å². The van der Waals surface area contributed by atoms with E-state index < -0.39 is 17.9 Å². The molecule has 1 heterocycles. The number of nitrogens with zero attached hydrogens (tertiary/aromatic N) is 1. The molecule has 0 saturated heterocycles. The van der Waals surface area contributed by atoms with Crippen LogP contribution in [0.4, 0.5) is 0 Å². The molecule has 108 valence electrons. The monoisotopic (exact) mass is 285 g/mol. The third-order valence-electron chi connectivity index (χ3n) is 3.54. The lowest BCUT2D eigenvalue weighted by atomic mass is 10.1. The van der Waals surface area contributed by atoms with Crippen molar-refractivity contribution < 1.29 is 14.7 Å². The first-order chi connectivity index (χ1) is 10.1. The minimum atomic E-state index is -0.992. The summed E-state index contributed by atoms with van der Waals surface area (Å²) < 4.78 is 0. The number of rotatable bonds is 5. The minimum Gasteiger partial charge on any atom is -0.480 e. The van der Waals surface area contributed by atoms with E-state index in [9.17, 15) is 9.59 Å². The molecule has 0 aliphatic heterocycles. The summed E-state index contributed by atoms with van der Waals surface area (Å²) in [6.45, 7) is 0. The predicted octanol–water partition coefficient (Wildman–Crippen LogP) is 1.67. The minimum absolute atomic E-state index is 0.0444. The van der Waals surface area contributed by atoms with Gasteiger partial charge in [0.15, 0.2) is 0 Å². The number of carboxylic acids is 1. The molecule has 3 rings (SSSR count). The second kappa shape index (κ2) is 5.40. The van der Waals surface area contributed by atoms with Gasteiger partial charge in [0.2, 0.25) is 0 Å². The first kappa shape index (κ1) is 13.4. The van der Waals surface area contributed by atoms with Crippen LogP contribution in [0.15, 0.2) is 36.4 Å². The molecule has 1 aromatic carbocycles. The number of amides is 1. The molecule has 6 heteroatoms. The summed E-state index contributed by atoms with van der Waals surface area (Å²) in [6, 6.07) is 10.3. The number of benzene rings is 1. The first-order valence-electron chi connectivity index (χ1n) is 6.79. The van der Waals surface area contributed by atoms with Gasteiger partial charge in [-0.25, -0.2) is 4.79 Å². The lowest BCUT2D eigenvalue weighted by Crippen LogP contribution is -2.42. The Balaban J connectivity index is 1.73. The van der Waals surface area contributed by atoms with Crippen molar-refractivity contribution in [3.63, 3.8) is 0 Å². The van der Waals surface area contributed by atoms with E-state index in [-0.39, 0.29) is 11.6 Å². The standard InChI is InChI=1S/C15H15N3O3/c19-14(16-13(15(20)21)10-6-7-10)12-8-11(17-18-12)9-4-2-1-3-5-9/h1-5,8,10,13H,6-7H2,(H,16,19)(H,17,18)(H,20,21). The molecule has 1 aliphatic rings. The van der Waals surface area contributed by atoms with Crippen LogP contribution in [0.25, 0.3) is 11.3 Å². The number of aliphatic carboxylic acids is 1. The van der Waals surface area contributed by atoms with Crippen LogP contribution in [0.3, 0.4) is 0 Å². The number of nitrogens with one attached hydrogen (secondary N) is 2. The number of aromatic nitrogens is 2. The maximum atomic E-state index is 12.1. The number of hydrogen-bond acceptors (Lipinski definition) is 3. The Morgan fingerprint density at radius 1 is 1.29 bits per heavy atom. The molecule has 0 spiro atoms. The molecule has 6 nitrogen and oxygen atoms in total. The van der Waals surface area contributed by atoms with Gasteiger partial charge in [0.05, 0.1) is 5.69 Å². The zero-order valence-electron chi connectivity index (χ0n) is 11.2. The largest absolute Gasteiger partial charge is 0.480 e. The lowest BCUT2D eigenvalue weighted by Gasteiger charge is -2.12. The van der Waals surface area contributed by atoms with Crippen LogP contribution in [-0.2, 0) is 4.79 Å². The molecule has 1 aliphatic carbocycles. The highest BCUT2D eigenvalue weighted by Crippen LogP contribution is 2.32. The normalized spacial score (nSPS) is 15.4. The van der Waals surface area contributed by atoms with Crippen LogP contribution in [0.1, 0.15) is 23.3 Å². The summed E-state index contributed by atoms with van der Waals surface area (Å²) >= 11 is 0. The summed E-state index contributed by atoms with van der Waals surface area (Å²) in [7, 11) is 0. The predicted molar refractivity (Wildman–Crippen MR) is 75.6 cm³/mol. The zero-order chi connectivity index (χ0) is 14.8. The molecule has 3 N–H and O–H groups in total. The Hall–Kier alpha value is -2.63. The molecule has 1 unspecified atom stereocenters. The molecule has 2 aromatic rings. The molecule has 0 bridgehead atoms. The van der Waals surface area contributed by atoms with Crippen LogP contribution < -0.4 is 5.32 Å². The number of hydrogen-bond donors (Lipinski definition) is 3. The van der Waals surface area contributed by atoms with Crippen LogP contribution in [0, 0.1) is 5.92 Å². The molecule has 1 fully saturated rings. The number of carboxylic acid groups (broad SMARTS) is 1. The van der Waals surface area contributed by atoms with E-state index in [1.807, 2.05) is 30.3 Å². The summed E-state index contributed by atoms with van der Waals surface area (Å²) in [6.07, 6.45) is 1.69. The Labute approximate surface area is 121 Å². The van der Waals surface area contributed by atoms with Crippen LogP contribution in [-0.4, -0.2) is 33.2 Å². The van der Waals surface area contributed by atoms with Crippen molar-refractivity contribution >= 4 is 11.9 Å². The lowest BCUT2D eigenvalue weighted by molar-refractivity contribution is -0.139. The quantitative estimate of drug-likeness (QED) is 0.778. The summed E-state index contributed by atoms with van der Waals surface area (Å²) in [5, 5.41) is 18.4. The van der Waals surface area contributed by atoms with E-state index >= 15 is 0 Å². The van der Waals surface area contributed by atoms with E-state index in [1.54, 1.807) is 6.07 Å². The van der Waals surface area contributed by atoms with Gasteiger partial charge in [-0.1, -0.05) is 30.3 Å². The molecule has 1 atom stereocenters. The molecular weight excluding hydrogens is 270 g/mol. The Morgan fingerprint density at radius 3 is 2.62 bits per heavy atom. The number of carbonyl (C=O) groups is 2. The molecule has 21 heavy (non-hydrogen) atoms. The SMILES string of the molecule is O=C(NC(C(=O)O)C1CC1)c1cc(-c2ccccc2)n[nH]1. The zero-order valence-corrected chi connectivity index (χ0v) is 11.2. The van der Waals surface area contributed by atoms with E-state index in [0.717, 1.165) is 18.4 Å². The smallest absolute Gasteiger partial charge is 0.326 e. The maximum absolute atomic E-state index is 12.1. The van der Waals surface area contributed by atoms with Crippen LogP contribution in [0.2, 0.25) is 0 Å². The van der Waals surface area contributed by atoms with Crippen molar-refractivity contribution in [2.24, 2.45) is 5.92 Å². The molecular formula is C15H15N3O3. The second-order valence-corrected chi connectivity index (χ2v) is 5.16. The van der Waals surface area contributed by atoms with E-state index in [0.29, 0.717) is 5.69 Å². The number of carbonyl (C=O) groups excluding carboxylic acids is 1. The van der Waals surface area contributed by atoms with E-state index in [2.05, 4.69) is 15.5 Å². The van der Waals surface area contributed by atoms with Gasteiger partial charge in [-0.3, -0.25) is 9.89 Å². The Morgan fingerprint density at radius 2 is 2.00 bits per heavy atom. The number of H-pyrrole nitrogens is 1. The highest BCUT2D eigenvalue weighted by molar-refractivity contribution is 5.96. The second-order valence-electron chi connectivity index (χ2n) is 5.16. The first-order valence-corrected chi connectivity index (χ1v) is 6.79. The maximum Gasteiger partial charge on any atom is 0.326 e. The van der Waals surface area contributed by atoms with Crippen molar-refractivity contribution in [3.05, 3.63) is 42.1 Å². The van der Waals surface area contributed by atoms with Gasteiger partial charge in [-0.15, -0.1) is 0 Å². The third-order valence-corrected chi connectivity index (χ3v) is 3.54. The Bertz CT molecular complexity index is 662. The van der Waals surface area contributed by atoms with E-state index in [4.69, 9.17) is 5.11 Å². The summed E-state index contributed by atoms with van der Waals surface area (Å²) in [5.41, 5.74) is 1.81. The van der Waals surface area contributed by atoms with Gasteiger partial charge < -0.3 is 10.4 Å². The van der Waals surface area contributed by atoms with Crippen molar-refractivity contribution in [1.29, 1.82) is 0 Å². The molecule has 1 aromatic heterocycles. The van der Waals surface area contributed by atoms with Crippen molar-refractivity contribution in [2.45, 2.75) is 18.9 Å². The van der Waals surface area contributed by atoms with Gasteiger partial charge in [0, 0.05) is 5.56 Å². The molecule has 1 saturated carbocycles. The highest BCUT2D eigenvalue weighted by atomic mass is 16.4. The highest BCUT2D eigenvalue weighted by Gasteiger charge is 2.37. The fraction of sp³-hybridized carbons (Fsp3) is 0.267. The average Bonchev–Trinajstić information content (AvgIpc) is 3.20. The average molecular weight is 285 g/mol. The van der Waals surface area contributed by atoms with E-state index in [1.165, 1.54) is 0 Å². The van der Waals surface area contributed by atoms with Gasteiger partial charge in [0.1, 0.15) is 11.7 Å². The Kier molecular flexibility index (Phi) is 3.43. The summed E-state index contributed by atoms with van der Waals surface area (Å²) in [4.78, 5) is 23.2. The molecule has 0 radical (unpaired) electrons. The van der Waals surface area contributed by atoms with Crippen LogP contribution in [0.5, 0.6) is 0 Å². The van der Waals surface area contributed by atoms with Crippen molar-refractivity contribution in [3.8, 4) is 11.3 Å². The molecule has 1 amide bonds. The van der Waals surface area contributed by atoms with Crippen LogP contribution >= 0.6 is 0 Å². The number of aromatic amines is 1. The fourth-order valence-electron chi connectivity index (χ4n) is 2.22. The van der Waals surface area contributed by atoms with Gasteiger partial charge >= 0.3 is 5.97 Å². The van der Waals surface area contributed by atoms with Crippen molar-refractivity contribution in [1.82, 2.24) is 15.5 Å². The fourth-order valence-corrected chi connectivity index (χ4v) is 2.22. The topological polar surface area (TPSA) is 95.1 Å². The van der Waals surface area contributed by atoms with Gasteiger partial charge in [0.25, 0.3) is 5.91 Å². The third kappa shape index (κ3) is 2.94.